The van der Waals surface area contributed by atoms with Crippen molar-refractivity contribution in [1.29, 1.82) is 0 Å². The van der Waals surface area contributed by atoms with Crippen molar-refractivity contribution in [3.05, 3.63) is 76.8 Å². The maximum absolute atomic E-state index is 14.0. The molecule has 13 heteroatoms. The first-order valence-corrected chi connectivity index (χ1v) is 19.5. The number of benzene rings is 2. The van der Waals surface area contributed by atoms with Gasteiger partial charge in [-0.3, -0.25) is 4.79 Å². The average molecular weight is 696 g/mol. The minimum Gasteiger partial charge on any atom is -0.493 e. The molecule has 0 spiro atoms. The molecule has 1 saturated carbocycles. The van der Waals surface area contributed by atoms with Crippen molar-refractivity contribution in [3.8, 4) is 16.9 Å². The van der Waals surface area contributed by atoms with E-state index in [-0.39, 0.29) is 27.7 Å². The van der Waals surface area contributed by atoms with E-state index in [1.807, 2.05) is 6.92 Å². The molecule has 256 valence electrons. The van der Waals surface area contributed by atoms with Gasteiger partial charge in [0.1, 0.15) is 11.3 Å². The lowest BCUT2D eigenvalue weighted by molar-refractivity contribution is -0.193. The third-order valence-electron chi connectivity index (χ3n) is 9.50. The molecule has 48 heavy (non-hydrogen) atoms. The van der Waals surface area contributed by atoms with E-state index in [1.165, 1.54) is 27.2 Å². The van der Waals surface area contributed by atoms with Crippen molar-refractivity contribution < 1.29 is 31.0 Å². The van der Waals surface area contributed by atoms with Crippen LogP contribution in [0, 0.1) is 12.8 Å². The van der Waals surface area contributed by atoms with Crippen LogP contribution in [0.15, 0.2) is 75.5 Å². The highest BCUT2D eigenvalue weighted by atomic mass is 32.2. The smallest absolute Gasteiger partial charge is 0.275 e. The largest absolute Gasteiger partial charge is 0.493 e. The van der Waals surface area contributed by atoms with Gasteiger partial charge in [-0.2, -0.15) is 4.31 Å². The molecule has 7 rings (SSSR count). The lowest BCUT2D eigenvalue weighted by atomic mass is 10.0. The number of rotatable bonds is 10. The second kappa shape index (κ2) is 13.1. The van der Waals surface area contributed by atoms with Gasteiger partial charge >= 0.3 is 0 Å². The van der Waals surface area contributed by atoms with Crippen LogP contribution in [-0.2, 0) is 36.6 Å². The number of sulfonamides is 1. The fraction of sp³-hybridized carbons (Fsp3) is 0.457. The predicted octanol–water partition coefficient (Wildman–Crippen LogP) is 5.04. The summed E-state index contributed by atoms with van der Waals surface area (Å²) in [7, 11) is -6.45. The maximum Gasteiger partial charge on any atom is 0.275 e. The molecule has 3 fully saturated rings. The summed E-state index contributed by atoms with van der Waals surface area (Å²) >= 11 is 0. The Hall–Kier alpha value is -3.49. The van der Waals surface area contributed by atoms with E-state index in [9.17, 15) is 21.6 Å². The summed E-state index contributed by atoms with van der Waals surface area (Å²) in [5.74, 6) is 0.902. The van der Waals surface area contributed by atoms with E-state index in [1.54, 1.807) is 49.6 Å². The lowest BCUT2D eigenvalue weighted by Gasteiger charge is -2.34. The van der Waals surface area contributed by atoms with Gasteiger partial charge in [0.15, 0.2) is 6.29 Å². The topological polar surface area (TPSA) is 126 Å². The van der Waals surface area contributed by atoms with Crippen LogP contribution in [0.3, 0.4) is 0 Å². The minimum absolute atomic E-state index is 0.0269. The number of piperidine rings is 1. The summed E-state index contributed by atoms with van der Waals surface area (Å²) in [5.41, 5.74) is 1.34. The molecule has 3 aliphatic rings. The van der Waals surface area contributed by atoms with Gasteiger partial charge < -0.3 is 18.8 Å². The molecule has 1 aliphatic carbocycles. The third-order valence-corrected chi connectivity index (χ3v) is 13.1. The number of fused-ring (bicyclic) bond motifs is 1. The maximum atomic E-state index is 14.0. The molecule has 0 N–H and O–H groups in total. The summed E-state index contributed by atoms with van der Waals surface area (Å²) in [6.45, 7) is 3.67. The normalized spacial score (nSPS) is 19.9. The van der Waals surface area contributed by atoms with E-state index in [2.05, 4.69) is 0 Å². The van der Waals surface area contributed by atoms with Crippen LogP contribution in [0.1, 0.15) is 50.5 Å². The van der Waals surface area contributed by atoms with Crippen molar-refractivity contribution in [1.82, 2.24) is 12.8 Å². The number of aromatic nitrogens is 2. The van der Waals surface area contributed by atoms with Crippen molar-refractivity contribution in [2.45, 2.75) is 74.1 Å². The Morgan fingerprint density at radius 1 is 0.854 bits per heavy atom. The molecule has 0 radical (unpaired) electrons. The summed E-state index contributed by atoms with van der Waals surface area (Å²) in [5, 5.41) is 0.377. The van der Waals surface area contributed by atoms with Crippen molar-refractivity contribution >= 4 is 30.9 Å². The number of aryl methyl sites for hydroxylation is 2. The fourth-order valence-corrected chi connectivity index (χ4v) is 9.30. The Balaban J connectivity index is 1.25. The Bertz CT molecular complexity index is 2090. The Labute approximate surface area is 281 Å². The SMILES string of the molecule is Cc1ccc(S(=O)(=O)n2ccc3c(-c4cc(S(=O)(=O)N5CCC(OC6CCCCO6)CC5)ccc4OCC4CC4)cn(C)c(=O)c32)cc1. The van der Waals surface area contributed by atoms with Gasteiger partial charge in [-0.15, -0.1) is 0 Å². The van der Waals surface area contributed by atoms with Gasteiger partial charge in [0.25, 0.3) is 15.6 Å². The van der Waals surface area contributed by atoms with Gasteiger partial charge in [-0.25, -0.2) is 20.8 Å². The molecule has 2 aliphatic heterocycles. The molecule has 2 saturated heterocycles. The fourth-order valence-electron chi connectivity index (χ4n) is 6.46. The molecule has 2 aromatic heterocycles. The van der Waals surface area contributed by atoms with Gasteiger partial charge in [0, 0.05) is 55.7 Å². The van der Waals surface area contributed by atoms with Crippen LogP contribution in [0.25, 0.3) is 22.0 Å². The number of hydrogen-bond donors (Lipinski definition) is 0. The van der Waals surface area contributed by atoms with Gasteiger partial charge in [-0.1, -0.05) is 17.7 Å². The summed E-state index contributed by atoms with van der Waals surface area (Å²) < 4.78 is 77.5. The van der Waals surface area contributed by atoms with E-state index in [0.717, 1.165) is 41.6 Å². The van der Waals surface area contributed by atoms with Crippen molar-refractivity contribution in [3.63, 3.8) is 0 Å². The number of nitrogens with zero attached hydrogens (tertiary/aromatic N) is 3. The van der Waals surface area contributed by atoms with E-state index in [0.29, 0.717) is 67.3 Å². The monoisotopic (exact) mass is 695 g/mol. The van der Waals surface area contributed by atoms with Gasteiger partial charge in [0.2, 0.25) is 10.0 Å². The zero-order valence-electron chi connectivity index (χ0n) is 27.2. The first kappa shape index (κ1) is 33.0. The minimum atomic E-state index is -4.11. The van der Waals surface area contributed by atoms with Crippen LogP contribution in [-0.4, -0.2) is 68.4 Å². The Kier molecular flexibility index (Phi) is 9.01. The van der Waals surface area contributed by atoms with Crippen LogP contribution >= 0.6 is 0 Å². The number of hydrogen-bond acceptors (Lipinski definition) is 8. The molecule has 0 bridgehead atoms. The highest BCUT2D eigenvalue weighted by Crippen LogP contribution is 2.39. The number of pyridine rings is 1. The van der Waals surface area contributed by atoms with Crippen LogP contribution in [0.4, 0.5) is 0 Å². The quantitative estimate of drug-likeness (QED) is 0.226. The summed E-state index contributed by atoms with van der Waals surface area (Å²) in [6, 6.07) is 12.8. The molecule has 4 aromatic rings. The average Bonchev–Trinajstić information content (AvgIpc) is 3.81. The lowest BCUT2D eigenvalue weighted by Crippen LogP contribution is -2.42. The molecule has 0 amide bonds. The second-order valence-electron chi connectivity index (χ2n) is 13.1. The van der Waals surface area contributed by atoms with Crippen molar-refractivity contribution in [2.24, 2.45) is 13.0 Å². The van der Waals surface area contributed by atoms with Crippen LogP contribution < -0.4 is 10.3 Å². The predicted molar refractivity (Wildman–Crippen MR) is 181 cm³/mol. The molecule has 4 heterocycles. The first-order chi connectivity index (χ1) is 23.0. The molecule has 1 unspecified atom stereocenters. The summed E-state index contributed by atoms with van der Waals surface area (Å²) in [6.07, 6.45) is 8.93. The van der Waals surface area contributed by atoms with Gasteiger partial charge in [0.05, 0.1) is 22.5 Å². The second-order valence-corrected chi connectivity index (χ2v) is 16.9. The Morgan fingerprint density at radius 3 is 2.27 bits per heavy atom. The molecule has 1 atom stereocenters. The van der Waals surface area contributed by atoms with E-state index in [4.69, 9.17) is 14.2 Å². The first-order valence-electron chi connectivity index (χ1n) is 16.6. The van der Waals surface area contributed by atoms with Crippen molar-refractivity contribution in [2.75, 3.05) is 26.3 Å². The zero-order valence-corrected chi connectivity index (χ0v) is 28.8. The molecular weight excluding hydrogens is 655 g/mol. The molecular formula is C35H41N3O8S2. The van der Waals surface area contributed by atoms with Crippen LogP contribution in [0.5, 0.6) is 5.75 Å². The van der Waals surface area contributed by atoms with E-state index >= 15 is 0 Å². The van der Waals surface area contributed by atoms with E-state index < -0.39 is 25.6 Å². The highest BCUT2D eigenvalue weighted by Gasteiger charge is 2.33. The van der Waals surface area contributed by atoms with Crippen LogP contribution in [0.2, 0.25) is 0 Å². The summed E-state index contributed by atoms with van der Waals surface area (Å²) in [4.78, 5) is 13.7. The third kappa shape index (κ3) is 6.46. The highest BCUT2D eigenvalue weighted by molar-refractivity contribution is 7.90. The van der Waals surface area contributed by atoms with Gasteiger partial charge in [-0.05, 0) is 94.2 Å². The molecule has 2 aromatic carbocycles. The number of ether oxygens (including phenoxy) is 3. The zero-order chi connectivity index (χ0) is 33.6. The Morgan fingerprint density at radius 2 is 1.58 bits per heavy atom. The molecule has 11 nitrogen and oxygen atoms in total. The standard InChI is InChI=1S/C35H41N3O8S2/c1-24-6-10-27(11-7-24)48(42,43)38-19-16-29-31(22-36(2)35(39)34(29)38)30-21-28(12-13-32(30)45-23-25-8-9-25)47(40,41)37-17-14-26(15-18-37)46-33-5-3-4-20-44-33/h6-7,10-13,16,19,21-22,25-26,33H,3-5,8-9,14-15,17-18,20,23H2,1-2H3.